The van der Waals surface area contributed by atoms with Crippen LogP contribution < -0.4 is 5.32 Å². The van der Waals surface area contributed by atoms with Gasteiger partial charge in [-0.15, -0.1) is 11.3 Å². The average molecular weight is 222 g/mol. The van der Waals surface area contributed by atoms with Crippen LogP contribution in [0.5, 0.6) is 0 Å². The molecule has 0 aliphatic rings. The van der Waals surface area contributed by atoms with E-state index in [0.29, 0.717) is 0 Å². The highest BCUT2D eigenvalue weighted by Gasteiger charge is 1.99. The van der Waals surface area contributed by atoms with E-state index in [1.807, 2.05) is 12.3 Å². The van der Waals surface area contributed by atoms with Crippen molar-refractivity contribution >= 4 is 11.3 Å². The number of nitrogens with one attached hydrogen (secondary N) is 2. The number of nitrogens with zero attached hydrogens (tertiary/aromatic N) is 2. The molecule has 0 amide bonds. The lowest BCUT2D eigenvalue weighted by atomic mass is 10.4. The summed E-state index contributed by atoms with van der Waals surface area (Å²) in [5.41, 5.74) is 1.11. The van der Waals surface area contributed by atoms with E-state index in [1.54, 1.807) is 17.5 Å². The number of aromatic amines is 1. The first kappa shape index (κ1) is 10.3. The Kier molecular flexibility index (Phi) is 3.47. The quantitative estimate of drug-likeness (QED) is 0.810. The Labute approximate surface area is 92.8 Å². The number of hydrogen-bond donors (Lipinski definition) is 2. The maximum Gasteiger partial charge on any atom is 0.0925 e. The Balaban J connectivity index is 1.78. The van der Waals surface area contributed by atoms with Crippen LogP contribution in [-0.4, -0.2) is 15.2 Å². The smallest absolute Gasteiger partial charge is 0.0925 e. The van der Waals surface area contributed by atoms with Crippen LogP contribution in [0.3, 0.4) is 0 Å². The molecular formula is C10H14N4S. The number of H-pyrrole nitrogens is 1. The van der Waals surface area contributed by atoms with Gasteiger partial charge < -0.3 is 5.32 Å². The van der Waals surface area contributed by atoms with Crippen LogP contribution in [0.15, 0.2) is 18.5 Å². The van der Waals surface area contributed by atoms with Crippen molar-refractivity contribution in [1.82, 2.24) is 20.5 Å². The molecule has 0 unspecified atom stereocenters. The van der Waals surface area contributed by atoms with Gasteiger partial charge in [0.25, 0.3) is 0 Å². The zero-order valence-corrected chi connectivity index (χ0v) is 9.47. The molecule has 2 heterocycles. The Morgan fingerprint density at radius 2 is 2.40 bits per heavy atom. The van der Waals surface area contributed by atoms with Crippen molar-refractivity contribution in [3.63, 3.8) is 0 Å². The number of thiazole rings is 1. The van der Waals surface area contributed by atoms with Gasteiger partial charge in [-0.05, 0) is 12.5 Å². The molecule has 0 radical (unpaired) electrons. The SMILES string of the molecule is CCc1ncc(CNCc2ccn[nH]2)s1. The van der Waals surface area contributed by atoms with Gasteiger partial charge in [0.15, 0.2) is 0 Å². The van der Waals surface area contributed by atoms with Gasteiger partial charge >= 0.3 is 0 Å². The van der Waals surface area contributed by atoms with Crippen molar-refractivity contribution in [2.75, 3.05) is 0 Å². The van der Waals surface area contributed by atoms with Crippen LogP contribution in [0.25, 0.3) is 0 Å². The molecule has 2 rings (SSSR count). The second-order valence-electron chi connectivity index (χ2n) is 3.26. The molecule has 80 valence electrons. The minimum absolute atomic E-state index is 0.819. The molecule has 2 N–H and O–H groups in total. The van der Waals surface area contributed by atoms with Crippen LogP contribution in [-0.2, 0) is 19.5 Å². The van der Waals surface area contributed by atoms with E-state index in [-0.39, 0.29) is 0 Å². The predicted molar refractivity (Wildman–Crippen MR) is 60.6 cm³/mol. The van der Waals surface area contributed by atoms with E-state index in [2.05, 4.69) is 27.4 Å². The molecular weight excluding hydrogens is 208 g/mol. The van der Waals surface area contributed by atoms with Gasteiger partial charge in [0, 0.05) is 36.1 Å². The molecule has 0 fully saturated rings. The Hall–Kier alpha value is -1.20. The van der Waals surface area contributed by atoms with Crippen LogP contribution in [0.1, 0.15) is 22.5 Å². The molecule has 5 heteroatoms. The van der Waals surface area contributed by atoms with Gasteiger partial charge in [0.1, 0.15) is 0 Å². The molecule has 0 bridgehead atoms. The summed E-state index contributed by atoms with van der Waals surface area (Å²) < 4.78 is 0. The van der Waals surface area contributed by atoms with Crippen molar-refractivity contribution in [2.45, 2.75) is 26.4 Å². The second-order valence-corrected chi connectivity index (χ2v) is 4.46. The number of hydrogen-bond acceptors (Lipinski definition) is 4. The third-order valence-corrected chi connectivity index (χ3v) is 3.22. The topological polar surface area (TPSA) is 53.6 Å². The number of aryl methyl sites for hydroxylation is 1. The van der Waals surface area contributed by atoms with Gasteiger partial charge in [-0.1, -0.05) is 6.92 Å². The molecule has 0 aromatic carbocycles. The van der Waals surface area contributed by atoms with E-state index >= 15 is 0 Å². The zero-order chi connectivity index (χ0) is 10.5. The highest BCUT2D eigenvalue weighted by atomic mass is 32.1. The van der Waals surface area contributed by atoms with Crippen molar-refractivity contribution < 1.29 is 0 Å². The molecule has 0 aliphatic heterocycles. The molecule has 0 atom stereocenters. The van der Waals surface area contributed by atoms with Gasteiger partial charge in [-0.25, -0.2) is 4.98 Å². The lowest BCUT2D eigenvalue weighted by Crippen LogP contribution is -2.11. The number of rotatable bonds is 5. The van der Waals surface area contributed by atoms with Crippen molar-refractivity contribution in [3.8, 4) is 0 Å². The number of aromatic nitrogens is 3. The van der Waals surface area contributed by atoms with E-state index in [1.165, 1.54) is 9.88 Å². The first-order chi connectivity index (χ1) is 7.38. The lowest BCUT2D eigenvalue weighted by Gasteiger charge is -1.99. The fourth-order valence-electron chi connectivity index (χ4n) is 1.30. The summed E-state index contributed by atoms with van der Waals surface area (Å²) in [6.07, 6.45) is 4.73. The summed E-state index contributed by atoms with van der Waals surface area (Å²) >= 11 is 1.77. The second kappa shape index (κ2) is 5.04. The van der Waals surface area contributed by atoms with Crippen molar-refractivity contribution in [2.24, 2.45) is 0 Å². The summed E-state index contributed by atoms with van der Waals surface area (Å²) in [5, 5.41) is 11.3. The summed E-state index contributed by atoms with van der Waals surface area (Å²) in [6.45, 7) is 3.82. The Bertz CT molecular complexity index is 393. The fourth-order valence-corrected chi connectivity index (χ4v) is 2.13. The largest absolute Gasteiger partial charge is 0.306 e. The van der Waals surface area contributed by atoms with Gasteiger partial charge in [-0.2, -0.15) is 5.10 Å². The summed E-state index contributed by atoms with van der Waals surface area (Å²) in [7, 11) is 0. The van der Waals surface area contributed by atoms with Gasteiger partial charge in [0.2, 0.25) is 0 Å². The van der Waals surface area contributed by atoms with Crippen molar-refractivity contribution in [3.05, 3.63) is 34.0 Å². The van der Waals surface area contributed by atoms with Crippen LogP contribution >= 0.6 is 11.3 Å². The summed E-state index contributed by atoms with van der Waals surface area (Å²) in [6, 6.07) is 1.97. The molecule has 4 nitrogen and oxygen atoms in total. The average Bonchev–Trinajstić information content (AvgIpc) is 2.88. The minimum Gasteiger partial charge on any atom is -0.306 e. The predicted octanol–water partition coefficient (Wildman–Crippen LogP) is 1.72. The first-order valence-corrected chi connectivity index (χ1v) is 5.82. The van der Waals surface area contributed by atoms with E-state index in [0.717, 1.165) is 25.2 Å². The maximum atomic E-state index is 4.31. The van der Waals surface area contributed by atoms with E-state index < -0.39 is 0 Å². The van der Waals surface area contributed by atoms with Crippen LogP contribution in [0.2, 0.25) is 0 Å². The Morgan fingerprint density at radius 1 is 1.47 bits per heavy atom. The summed E-state index contributed by atoms with van der Waals surface area (Å²) in [4.78, 5) is 5.59. The zero-order valence-electron chi connectivity index (χ0n) is 8.66. The molecule has 2 aromatic rings. The van der Waals surface area contributed by atoms with Crippen LogP contribution in [0.4, 0.5) is 0 Å². The monoisotopic (exact) mass is 222 g/mol. The van der Waals surface area contributed by atoms with Crippen LogP contribution in [0, 0.1) is 0 Å². The van der Waals surface area contributed by atoms with E-state index in [4.69, 9.17) is 0 Å². The minimum atomic E-state index is 0.819. The molecule has 0 saturated carbocycles. The summed E-state index contributed by atoms with van der Waals surface area (Å²) in [5.74, 6) is 0. The third-order valence-electron chi connectivity index (χ3n) is 2.08. The lowest BCUT2D eigenvalue weighted by molar-refractivity contribution is 0.683. The third kappa shape index (κ3) is 2.87. The van der Waals surface area contributed by atoms with Gasteiger partial charge in [-0.3, -0.25) is 5.10 Å². The normalized spacial score (nSPS) is 10.7. The first-order valence-electron chi connectivity index (χ1n) is 5.01. The standard InChI is InChI=1S/C10H14N4S/c1-2-10-12-7-9(15-10)6-11-5-8-3-4-13-14-8/h3-4,7,11H,2,5-6H2,1H3,(H,13,14). The van der Waals surface area contributed by atoms with E-state index in [9.17, 15) is 0 Å². The fraction of sp³-hybridized carbons (Fsp3) is 0.400. The Morgan fingerprint density at radius 3 is 3.07 bits per heavy atom. The van der Waals surface area contributed by atoms with Gasteiger partial charge in [0.05, 0.1) is 5.01 Å². The molecule has 0 spiro atoms. The van der Waals surface area contributed by atoms with Crippen molar-refractivity contribution in [1.29, 1.82) is 0 Å². The molecule has 0 aliphatic carbocycles. The molecule has 0 saturated heterocycles. The maximum absolute atomic E-state index is 4.31. The molecule has 2 aromatic heterocycles. The highest BCUT2D eigenvalue weighted by molar-refractivity contribution is 7.11. The molecule has 15 heavy (non-hydrogen) atoms. The highest BCUT2D eigenvalue weighted by Crippen LogP contribution is 2.12.